The summed E-state index contributed by atoms with van der Waals surface area (Å²) in [6.45, 7) is 5.36. The maximum absolute atomic E-state index is 5.82. The van der Waals surface area contributed by atoms with Gasteiger partial charge >= 0.3 is 0 Å². The first-order valence-electron chi connectivity index (χ1n) is 7.13. The maximum Gasteiger partial charge on any atom is 0.102 e. The Hall–Kier alpha value is -1.16. The third-order valence-electron chi connectivity index (χ3n) is 3.48. The van der Waals surface area contributed by atoms with Crippen molar-refractivity contribution in [1.29, 1.82) is 0 Å². The highest BCUT2D eigenvalue weighted by molar-refractivity contribution is 7.10. The van der Waals surface area contributed by atoms with Crippen molar-refractivity contribution in [3.8, 4) is 0 Å². The summed E-state index contributed by atoms with van der Waals surface area (Å²) < 4.78 is 5.82. The number of hydrogen-bond donors (Lipinski definition) is 1. The van der Waals surface area contributed by atoms with E-state index in [1.165, 1.54) is 16.0 Å². The number of thiophene rings is 1. The molecule has 1 aromatic heterocycles. The Labute approximate surface area is 125 Å². The number of ether oxygens (including phenoxy) is 1. The van der Waals surface area contributed by atoms with Gasteiger partial charge in [0.15, 0.2) is 0 Å². The van der Waals surface area contributed by atoms with Gasteiger partial charge in [0.05, 0.1) is 6.04 Å². The highest BCUT2D eigenvalue weighted by atomic mass is 32.1. The van der Waals surface area contributed by atoms with Gasteiger partial charge in [-0.3, -0.25) is 0 Å². The Kier molecular flexibility index (Phi) is 5.77. The van der Waals surface area contributed by atoms with Crippen molar-refractivity contribution in [2.24, 2.45) is 0 Å². The molecule has 1 N–H and O–H groups in total. The minimum Gasteiger partial charge on any atom is -0.375 e. The summed E-state index contributed by atoms with van der Waals surface area (Å²) in [4.78, 5) is 1.37. The topological polar surface area (TPSA) is 21.3 Å². The van der Waals surface area contributed by atoms with Crippen LogP contribution in [0, 0.1) is 6.92 Å². The Morgan fingerprint density at radius 2 is 1.95 bits per heavy atom. The van der Waals surface area contributed by atoms with Crippen molar-refractivity contribution < 1.29 is 4.74 Å². The van der Waals surface area contributed by atoms with Crippen LogP contribution in [0.15, 0.2) is 41.8 Å². The Morgan fingerprint density at radius 1 is 1.20 bits per heavy atom. The molecule has 0 radical (unpaired) electrons. The maximum atomic E-state index is 5.82. The molecule has 1 heterocycles. The van der Waals surface area contributed by atoms with Gasteiger partial charge in [0, 0.05) is 12.0 Å². The van der Waals surface area contributed by atoms with Crippen molar-refractivity contribution in [3.05, 3.63) is 57.8 Å². The summed E-state index contributed by atoms with van der Waals surface area (Å²) in [6, 6.07) is 12.8. The third-order valence-corrected chi connectivity index (χ3v) is 4.59. The van der Waals surface area contributed by atoms with Gasteiger partial charge in [-0.2, -0.15) is 0 Å². The molecule has 0 bridgehead atoms. The monoisotopic (exact) mass is 289 g/mol. The van der Waals surface area contributed by atoms with Crippen LogP contribution < -0.4 is 5.32 Å². The van der Waals surface area contributed by atoms with E-state index in [4.69, 9.17) is 4.74 Å². The molecule has 1 aromatic carbocycles. The minimum absolute atomic E-state index is 0.0418. The second kappa shape index (κ2) is 7.58. The number of benzene rings is 1. The average Bonchev–Trinajstić information content (AvgIpc) is 2.90. The minimum atomic E-state index is 0.0418. The van der Waals surface area contributed by atoms with Gasteiger partial charge in [0.2, 0.25) is 0 Å². The van der Waals surface area contributed by atoms with Crippen LogP contribution >= 0.6 is 11.3 Å². The highest BCUT2D eigenvalue weighted by Crippen LogP contribution is 2.35. The van der Waals surface area contributed by atoms with Gasteiger partial charge in [0.1, 0.15) is 6.10 Å². The largest absolute Gasteiger partial charge is 0.375 e. The summed E-state index contributed by atoms with van der Waals surface area (Å²) >= 11 is 1.80. The number of hydrogen-bond acceptors (Lipinski definition) is 3. The van der Waals surface area contributed by atoms with Crippen molar-refractivity contribution in [2.75, 3.05) is 13.7 Å². The number of nitrogens with one attached hydrogen (secondary N) is 1. The van der Waals surface area contributed by atoms with E-state index in [-0.39, 0.29) is 12.1 Å². The molecule has 108 valence electrons. The number of aryl methyl sites for hydroxylation is 1. The van der Waals surface area contributed by atoms with E-state index in [0.717, 1.165) is 13.0 Å². The molecule has 3 heteroatoms. The van der Waals surface area contributed by atoms with Gasteiger partial charge < -0.3 is 10.1 Å². The van der Waals surface area contributed by atoms with Crippen molar-refractivity contribution in [3.63, 3.8) is 0 Å². The molecule has 0 aliphatic rings. The average molecular weight is 289 g/mol. The van der Waals surface area contributed by atoms with Gasteiger partial charge in [0.25, 0.3) is 0 Å². The van der Waals surface area contributed by atoms with E-state index >= 15 is 0 Å². The third kappa shape index (κ3) is 3.48. The zero-order chi connectivity index (χ0) is 14.4. The number of rotatable bonds is 7. The molecule has 2 aromatic rings. The molecule has 20 heavy (non-hydrogen) atoms. The van der Waals surface area contributed by atoms with Gasteiger partial charge in [-0.25, -0.2) is 0 Å². The standard InChI is InChI=1S/C17H23NOS/c1-4-11-18-15(17-13(2)10-12-20-17)16(19-3)14-8-6-5-7-9-14/h5-10,12,15-16,18H,4,11H2,1-3H3. The molecule has 2 unspecified atom stereocenters. The van der Waals surface area contributed by atoms with Gasteiger partial charge in [-0.05, 0) is 42.5 Å². The Morgan fingerprint density at radius 3 is 2.50 bits per heavy atom. The van der Waals surface area contributed by atoms with E-state index < -0.39 is 0 Å². The lowest BCUT2D eigenvalue weighted by Gasteiger charge is -2.27. The van der Waals surface area contributed by atoms with Gasteiger partial charge in [-0.15, -0.1) is 11.3 Å². The lowest BCUT2D eigenvalue weighted by molar-refractivity contribution is 0.0685. The van der Waals surface area contributed by atoms with Crippen molar-refractivity contribution in [2.45, 2.75) is 32.4 Å². The predicted octanol–water partition coefficient (Wildman–Crippen LogP) is 4.48. The molecule has 0 aliphatic heterocycles. The fourth-order valence-electron chi connectivity index (χ4n) is 2.45. The van der Waals surface area contributed by atoms with E-state index in [1.54, 1.807) is 18.4 Å². The van der Waals surface area contributed by atoms with Crippen LogP contribution in [0.5, 0.6) is 0 Å². The van der Waals surface area contributed by atoms with Crippen LogP contribution in [0.1, 0.15) is 41.5 Å². The second-order valence-corrected chi connectivity index (χ2v) is 5.91. The van der Waals surface area contributed by atoms with E-state index in [0.29, 0.717) is 0 Å². The molecular weight excluding hydrogens is 266 g/mol. The Balaban J connectivity index is 2.31. The zero-order valence-electron chi connectivity index (χ0n) is 12.4. The van der Waals surface area contributed by atoms with Gasteiger partial charge in [-0.1, -0.05) is 37.3 Å². The quantitative estimate of drug-likeness (QED) is 0.811. The lowest BCUT2D eigenvalue weighted by atomic mass is 9.99. The molecule has 0 fully saturated rings. The van der Waals surface area contributed by atoms with Crippen LogP contribution in [-0.4, -0.2) is 13.7 Å². The first-order chi connectivity index (χ1) is 9.77. The fourth-order valence-corrected chi connectivity index (χ4v) is 3.47. The zero-order valence-corrected chi connectivity index (χ0v) is 13.2. The molecule has 2 atom stereocenters. The van der Waals surface area contributed by atoms with Crippen LogP contribution in [0.3, 0.4) is 0 Å². The summed E-state index contributed by atoms with van der Waals surface area (Å²) in [5.74, 6) is 0. The van der Waals surface area contributed by atoms with Crippen molar-refractivity contribution in [1.82, 2.24) is 5.32 Å². The predicted molar refractivity (Wildman–Crippen MR) is 86.3 cm³/mol. The molecular formula is C17H23NOS. The fraction of sp³-hybridized carbons (Fsp3) is 0.412. The Bertz CT molecular complexity index is 509. The normalized spacial score (nSPS) is 14.2. The first-order valence-corrected chi connectivity index (χ1v) is 8.01. The van der Waals surface area contributed by atoms with Crippen LogP contribution in [0.2, 0.25) is 0 Å². The molecule has 0 saturated carbocycles. The van der Waals surface area contributed by atoms with Crippen LogP contribution in [0.4, 0.5) is 0 Å². The molecule has 0 amide bonds. The lowest BCUT2D eigenvalue weighted by Crippen LogP contribution is -2.28. The summed E-state index contributed by atoms with van der Waals surface area (Å²) in [5.41, 5.74) is 2.55. The molecule has 0 aliphatic carbocycles. The van der Waals surface area contributed by atoms with E-state index in [1.807, 2.05) is 6.07 Å². The first kappa shape index (κ1) is 15.2. The second-order valence-electron chi connectivity index (χ2n) is 4.97. The molecule has 0 spiro atoms. The highest BCUT2D eigenvalue weighted by Gasteiger charge is 2.26. The van der Waals surface area contributed by atoms with Crippen molar-refractivity contribution >= 4 is 11.3 Å². The summed E-state index contributed by atoms with van der Waals surface area (Å²) in [7, 11) is 1.79. The smallest absolute Gasteiger partial charge is 0.102 e. The van der Waals surface area contributed by atoms with Crippen LogP contribution in [0.25, 0.3) is 0 Å². The summed E-state index contributed by atoms with van der Waals surface area (Å²) in [6.07, 6.45) is 1.16. The molecule has 2 rings (SSSR count). The molecule has 2 nitrogen and oxygen atoms in total. The SMILES string of the molecule is CCCNC(c1sccc1C)C(OC)c1ccccc1. The molecule has 0 saturated heterocycles. The van der Waals surface area contributed by atoms with E-state index in [2.05, 4.69) is 54.9 Å². The summed E-state index contributed by atoms with van der Waals surface area (Å²) in [5, 5.41) is 5.80. The van der Waals surface area contributed by atoms with Crippen LogP contribution in [-0.2, 0) is 4.74 Å². The van der Waals surface area contributed by atoms with E-state index in [9.17, 15) is 0 Å². The number of methoxy groups -OCH3 is 1.